The summed E-state index contributed by atoms with van der Waals surface area (Å²) in [5.41, 5.74) is 0.522. The summed E-state index contributed by atoms with van der Waals surface area (Å²) in [5.74, 6) is -1.40. The Morgan fingerprint density at radius 2 is 1.32 bits per heavy atom. The predicted molar refractivity (Wildman–Crippen MR) is 121 cm³/mol. The number of Topliss-reactive ketones (excluding diaryl/α,β-unsaturated/α-hetero) is 2. The zero-order chi connectivity index (χ0) is 22.0. The third-order valence-corrected chi connectivity index (χ3v) is 5.56. The molecule has 0 saturated heterocycles. The summed E-state index contributed by atoms with van der Waals surface area (Å²) < 4.78 is 0. The minimum Gasteiger partial charge on any atom is -0.324 e. The van der Waals surface area contributed by atoms with Crippen molar-refractivity contribution in [3.8, 4) is 0 Å². The summed E-state index contributed by atoms with van der Waals surface area (Å²) in [6.45, 7) is 3.28. The van der Waals surface area contributed by atoms with Crippen molar-refractivity contribution in [3.05, 3.63) is 108 Å². The van der Waals surface area contributed by atoms with Crippen molar-refractivity contribution in [2.24, 2.45) is 0 Å². The van der Waals surface area contributed by atoms with Crippen molar-refractivity contribution in [1.29, 1.82) is 0 Å². The molecule has 31 heavy (non-hydrogen) atoms. The zero-order valence-electron chi connectivity index (χ0n) is 17.3. The number of allylic oxidation sites excluding steroid dienone is 1. The third-order valence-electron chi connectivity index (χ3n) is 5.56. The van der Waals surface area contributed by atoms with E-state index >= 15 is 0 Å². The van der Waals surface area contributed by atoms with Crippen LogP contribution in [0.2, 0.25) is 0 Å². The fraction of sp³-hybridized carbons (Fsp3) is 0.115. The molecule has 154 valence electrons. The number of rotatable bonds is 5. The number of amides is 1. The Hall–Kier alpha value is -3.99. The van der Waals surface area contributed by atoms with E-state index in [9.17, 15) is 14.4 Å². The van der Waals surface area contributed by atoms with Gasteiger partial charge in [-0.1, -0.05) is 66.7 Å². The van der Waals surface area contributed by atoms with E-state index in [2.05, 4.69) is 5.32 Å². The van der Waals surface area contributed by atoms with Crippen LogP contribution >= 0.6 is 0 Å². The maximum Gasteiger partial charge on any atom is 0.258 e. The van der Waals surface area contributed by atoms with E-state index in [1.54, 1.807) is 67.3 Å². The first-order valence-corrected chi connectivity index (χ1v) is 10.0. The van der Waals surface area contributed by atoms with Gasteiger partial charge in [0.25, 0.3) is 5.91 Å². The lowest BCUT2D eigenvalue weighted by Crippen LogP contribution is -2.56. The van der Waals surface area contributed by atoms with Gasteiger partial charge >= 0.3 is 0 Å². The number of carbonyl (C=O) groups is 3. The van der Waals surface area contributed by atoms with Gasteiger partial charge in [-0.05, 0) is 38.1 Å². The Balaban J connectivity index is 1.82. The largest absolute Gasteiger partial charge is 0.324 e. The maximum absolute atomic E-state index is 13.7. The van der Waals surface area contributed by atoms with E-state index < -0.39 is 17.2 Å². The van der Waals surface area contributed by atoms with Gasteiger partial charge in [-0.25, -0.2) is 0 Å². The highest BCUT2D eigenvalue weighted by molar-refractivity contribution is 6.38. The Morgan fingerprint density at radius 3 is 1.90 bits per heavy atom. The van der Waals surface area contributed by atoms with Crippen molar-refractivity contribution in [2.45, 2.75) is 19.4 Å². The summed E-state index contributed by atoms with van der Waals surface area (Å²) in [7, 11) is 0. The van der Waals surface area contributed by atoms with Gasteiger partial charge in [0.05, 0.1) is 5.57 Å². The van der Waals surface area contributed by atoms with Crippen LogP contribution in [-0.2, 0) is 9.59 Å². The highest BCUT2D eigenvalue weighted by Crippen LogP contribution is 2.40. The van der Waals surface area contributed by atoms with Gasteiger partial charge in [0, 0.05) is 22.6 Å². The van der Waals surface area contributed by atoms with Gasteiger partial charge in [0.1, 0.15) is 0 Å². The van der Waals surface area contributed by atoms with Gasteiger partial charge in [0.2, 0.25) is 5.78 Å². The molecule has 0 bridgehead atoms. The summed E-state index contributed by atoms with van der Waals surface area (Å²) in [4.78, 5) is 42.1. The summed E-state index contributed by atoms with van der Waals surface area (Å²) in [6.07, 6.45) is 0. The van der Waals surface area contributed by atoms with Crippen LogP contribution in [0.3, 0.4) is 0 Å². The monoisotopic (exact) mass is 410 g/mol. The molecule has 1 aliphatic rings. The maximum atomic E-state index is 13.7. The number of ketones is 2. The number of hydrogen-bond donors (Lipinski definition) is 1. The quantitative estimate of drug-likeness (QED) is 0.378. The van der Waals surface area contributed by atoms with Crippen molar-refractivity contribution >= 4 is 28.8 Å². The van der Waals surface area contributed by atoms with E-state index in [-0.39, 0.29) is 11.4 Å². The standard InChI is InChI=1S/C26H22N2O3/c1-18-22(23(29)19-12-6-3-7-13-19)24(30)26(2,28(18)21-16-10-5-11-17-21)25(31)27-20-14-8-4-9-15-20/h3-17H,1-2H3,(H,27,31). The van der Waals surface area contributed by atoms with Crippen LogP contribution in [0, 0.1) is 0 Å². The van der Waals surface area contributed by atoms with Crippen LogP contribution in [0.5, 0.6) is 0 Å². The molecule has 1 N–H and O–H groups in total. The normalized spacial score (nSPS) is 18.3. The topological polar surface area (TPSA) is 66.5 Å². The second-order valence-electron chi connectivity index (χ2n) is 7.55. The highest BCUT2D eigenvalue weighted by atomic mass is 16.2. The first-order chi connectivity index (χ1) is 14.9. The van der Waals surface area contributed by atoms with Gasteiger partial charge in [-0.3, -0.25) is 14.4 Å². The van der Waals surface area contributed by atoms with Crippen LogP contribution in [0.1, 0.15) is 24.2 Å². The molecule has 1 amide bonds. The first-order valence-electron chi connectivity index (χ1n) is 10.0. The molecule has 1 unspecified atom stereocenters. The molecule has 0 saturated carbocycles. The molecule has 0 spiro atoms. The fourth-order valence-corrected chi connectivity index (χ4v) is 3.97. The van der Waals surface area contributed by atoms with Gasteiger partial charge in [0.15, 0.2) is 11.3 Å². The van der Waals surface area contributed by atoms with E-state index in [0.717, 1.165) is 0 Å². The lowest BCUT2D eigenvalue weighted by molar-refractivity contribution is -0.129. The zero-order valence-corrected chi connectivity index (χ0v) is 17.3. The number of benzene rings is 3. The molecule has 0 radical (unpaired) electrons. The molecular weight excluding hydrogens is 388 g/mol. The minimum atomic E-state index is -1.61. The first kappa shape index (κ1) is 20.3. The minimum absolute atomic E-state index is 0.0285. The Morgan fingerprint density at radius 1 is 0.806 bits per heavy atom. The molecule has 1 atom stereocenters. The lowest BCUT2D eigenvalue weighted by Gasteiger charge is -2.35. The molecule has 5 nitrogen and oxygen atoms in total. The molecule has 1 aliphatic heterocycles. The number of hydrogen-bond acceptors (Lipinski definition) is 4. The molecule has 0 fully saturated rings. The number of nitrogens with zero attached hydrogens (tertiary/aromatic N) is 1. The van der Waals surface area contributed by atoms with E-state index in [1.165, 1.54) is 0 Å². The molecule has 1 heterocycles. The van der Waals surface area contributed by atoms with Crippen LogP contribution in [0.15, 0.2) is 102 Å². The number of nitrogens with one attached hydrogen (secondary N) is 1. The second kappa shape index (κ2) is 8.03. The summed E-state index contributed by atoms with van der Waals surface area (Å²) in [5, 5.41) is 2.83. The molecule has 3 aromatic rings. The molecule has 5 heteroatoms. The van der Waals surface area contributed by atoms with Gasteiger partial charge in [-0.15, -0.1) is 0 Å². The van der Waals surface area contributed by atoms with Crippen LogP contribution in [0.25, 0.3) is 0 Å². The van der Waals surface area contributed by atoms with Crippen molar-refractivity contribution in [2.75, 3.05) is 10.2 Å². The Kier molecular flexibility index (Phi) is 5.26. The molecule has 3 aromatic carbocycles. The predicted octanol–water partition coefficient (Wildman–Crippen LogP) is 4.63. The smallest absolute Gasteiger partial charge is 0.258 e. The average Bonchev–Trinajstić information content (AvgIpc) is 3.01. The molecule has 0 aromatic heterocycles. The van der Waals surface area contributed by atoms with Crippen molar-refractivity contribution in [1.82, 2.24) is 0 Å². The number of anilines is 2. The molecule has 4 rings (SSSR count). The van der Waals surface area contributed by atoms with Crippen LogP contribution in [-0.4, -0.2) is 23.0 Å². The van der Waals surface area contributed by atoms with Crippen LogP contribution in [0.4, 0.5) is 11.4 Å². The van der Waals surface area contributed by atoms with Gasteiger partial charge < -0.3 is 10.2 Å². The third kappa shape index (κ3) is 3.44. The summed E-state index contributed by atoms with van der Waals surface area (Å²) >= 11 is 0. The summed E-state index contributed by atoms with van der Waals surface area (Å²) in [6, 6.07) is 26.8. The molecule has 0 aliphatic carbocycles. The van der Waals surface area contributed by atoms with E-state index in [0.29, 0.717) is 22.6 Å². The average molecular weight is 410 g/mol. The van der Waals surface area contributed by atoms with Gasteiger partial charge in [-0.2, -0.15) is 0 Å². The lowest BCUT2D eigenvalue weighted by atomic mass is 9.89. The Labute approximate surface area is 181 Å². The number of para-hydroxylation sites is 2. The van der Waals surface area contributed by atoms with Crippen LogP contribution < -0.4 is 10.2 Å². The highest BCUT2D eigenvalue weighted by Gasteiger charge is 2.55. The Bertz CT molecular complexity index is 1170. The SMILES string of the molecule is CC1=C(C(=O)c2ccccc2)C(=O)C(C)(C(=O)Nc2ccccc2)N1c1ccccc1. The second-order valence-corrected chi connectivity index (χ2v) is 7.55. The number of carbonyl (C=O) groups excluding carboxylic acids is 3. The van der Waals surface area contributed by atoms with E-state index in [4.69, 9.17) is 0 Å². The van der Waals surface area contributed by atoms with E-state index in [1.807, 2.05) is 42.5 Å². The van der Waals surface area contributed by atoms with Crippen molar-refractivity contribution in [3.63, 3.8) is 0 Å². The molecular formula is C26H22N2O3. The fourth-order valence-electron chi connectivity index (χ4n) is 3.97. The van der Waals surface area contributed by atoms with Crippen molar-refractivity contribution < 1.29 is 14.4 Å².